The van der Waals surface area contributed by atoms with Crippen LogP contribution in [0.3, 0.4) is 0 Å². The van der Waals surface area contributed by atoms with Crippen LogP contribution in [0, 0.1) is 11.3 Å². The largest absolute Gasteiger partial charge is 0.498 e. The van der Waals surface area contributed by atoms with Crippen molar-refractivity contribution in [2.24, 2.45) is 11.3 Å². The molecule has 1 N–H and O–H groups in total. The number of unbranched alkanes of at least 4 members (excludes halogenated alkanes) is 18. The quantitative estimate of drug-likeness (QED) is 0.0423. The first-order chi connectivity index (χ1) is 24.2. The summed E-state index contributed by atoms with van der Waals surface area (Å²) in [6, 6.07) is 0. The molecule has 0 heterocycles. The third-order valence-electron chi connectivity index (χ3n) is 10.6. The molecule has 0 aromatic carbocycles. The fourth-order valence-corrected chi connectivity index (χ4v) is 7.35. The molecule has 0 saturated heterocycles. The van der Waals surface area contributed by atoms with Gasteiger partial charge in [0.2, 0.25) is 0 Å². The maximum absolute atomic E-state index is 6.44. The van der Waals surface area contributed by atoms with Crippen LogP contribution in [-0.4, -0.2) is 20.2 Å². The molecule has 0 radical (unpaired) electrons. The summed E-state index contributed by atoms with van der Waals surface area (Å²) in [6.45, 7) is 4.55. The van der Waals surface area contributed by atoms with E-state index in [9.17, 15) is 0 Å². The minimum atomic E-state index is 0.433. The third kappa shape index (κ3) is 27.8. The van der Waals surface area contributed by atoms with Crippen LogP contribution in [0.15, 0.2) is 60.9 Å². The van der Waals surface area contributed by atoms with Gasteiger partial charge in [0, 0.05) is 0 Å². The normalized spacial score (nSPS) is 18.9. The smallest absolute Gasteiger partial charge is 0.0978 e. The zero-order valence-corrected chi connectivity index (χ0v) is 33.5. The van der Waals surface area contributed by atoms with Gasteiger partial charge in [-0.05, 0) is 141 Å². The van der Waals surface area contributed by atoms with Crippen LogP contribution in [0.2, 0.25) is 0 Å². The maximum Gasteiger partial charge on any atom is 0.0978 e. The molecule has 0 aromatic heterocycles. The lowest BCUT2D eigenvalue weighted by molar-refractivity contribution is 0.119. The number of nitrogens with one attached hydrogen (secondary N) is 1. The van der Waals surface area contributed by atoms with Crippen LogP contribution in [-0.2, 0) is 4.74 Å². The Bertz CT molecular complexity index is 789. The van der Waals surface area contributed by atoms with Gasteiger partial charge in [-0.1, -0.05) is 146 Å². The number of fused-ring (bicyclic) bond motifs is 1. The summed E-state index contributed by atoms with van der Waals surface area (Å²) in [5, 5.41) is 2.75. The van der Waals surface area contributed by atoms with E-state index in [0.717, 1.165) is 18.8 Å². The summed E-state index contributed by atoms with van der Waals surface area (Å²) < 4.78 is 6.44. The summed E-state index contributed by atoms with van der Waals surface area (Å²) >= 11 is 0. The minimum absolute atomic E-state index is 0.433. The molecule has 0 spiro atoms. The Morgan fingerprint density at radius 3 is 1.37 bits per heavy atom. The Hall–Kier alpha value is -1.54. The Morgan fingerprint density at radius 1 is 0.571 bits per heavy atom. The molecule has 284 valence electrons. The lowest BCUT2D eigenvalue weighted by Crippen LogP contribution is -2.10. The molecule has 2 unspecified atom stereocenters. The highest BCUT2D eigenvalue weighted by molar-refractivity contribution is 5.16. The number of rotatable bonds is 33. The van der Waals surface area contributed by atoms with Gasteiger partial charge in [-0.3, -0.25) is 0 Å². The summed E-state index contributed by atoms with van der Waals surface area (Å²) in [5.74, 6) is 0.978. The number of hydrogen-bond donors (Lipinski definition) is 1. The molecule has 2 saturated carbocycles. The first-order valence-electron chi connectivity index (χ1n) is 21.7. The van der Waals surface area contributed by atoms with Crippen molar-refractivity contribution >= 4 is 0 Å². The Labute approximate surface area is 308 Å². The van der Waals surface area contributed by atoms with Crippen LogP contribution in [0.25, 0.3) is 0 Å². The van der Waals surface area contributed by atoms with Gasteiger partial charge in [0.25, 0.3) is 0 Å². The third-order valence-corrected chi connectivity index (χ3v) is 10.6. The van der Waals surface area contributed by atoms with Crippen molar-refractivity contribution in [1.29, 1.82) is 0 Å². The molecule has 0 amide bonds. The molecule has 0 aromatic rings. The van der Waals surface area contributed by atoms with Gasteiger partial charge in [0.05, 0.1) is 12.4 Å². The summed E-state index contributed by atoms with van der Waals surface area (Å²) in [5.41, 5.74) is 0.546. The predicted molar refractivity (Wildman–Crippen MR) is 221 cm³/mol. The van der Waals surface area contributed by atoms with E-state index in [-0.39, 0.29) is 0 Å². The number of allylic oxidation sites excluding steroid dienone is 9. The second-order valence-electron chi connectivity index (χ2n) is 15.3. The molecule has 2 aliphatic rings. The highest BCUT2D eigenvalue weighted by atomic mass is 16.5. The Morgan fingerprint density at radius 2 is 0.980 bits per heavy atom. The number of ether oxygens (including phenoxy) is 1. The first-order valence-corrected chi connectivity index (χ1v) is 21.7. The van der Waals surface area contributed by atoms with E-state index >= 15 is 0 Å². The van der Waals surface area contributed by atoms with Gasteiger partial charge in [-0.15, -0.1) is 0 Å². The van der Waals surface area contributed by atoms with Crippen LogP contribution in [0.5, 0.6) is 0 Å². The number of hydrogen-bond acceptors (Lipinski definition) is 2. The lowest BCUT2D eigenvalue weighted by Gasteiger charge is -2.17. The molecular formula is C47H85NO. The molecule has 49 heavy (non-hydrogen) atoms. The zero-order chi connectivity index (χ0) is 35.4. The summed E-state index contributed by atoms with van der Waals surface area (Å²) in [6.07, 6.45) is 63.9. The van der Waals surface area contributed by atoms with Crippen molar-refractivity contribution in [3.05, 3.63) is 60.9 Å². The van der Waals surface area contributed by atoms with E-state index in [1.807, 2.05) is 14.1 Å². The van der Waals surface area contributed by atoms with Crippen molar-refractivity contribution in [3.8, 4) is 0 Å². The summed E-state index contributed by atoms with van der Waals surface area (Å²) in [4.78, 5) is 0. The van der Waals surface area contributed by atoms with Gasteiger partial charge in [0.1, 0.15) is 0 Å². The molecular weight excluding hydrogens is 595 g/mol. The SMILES string of the molecule is CCCCC/C=C\C/C=C\CCCCCCCCC(CCCCCCCC/C=C\C/C=C\CCCCC)O/C=C/C12CCCC1C2.CNC. The Balaban J connectivity index is 0.00000385. The predicted octanol–water partition coefficient (Wildman–Crippen LogP) is 15.3. The maximum atomic E-state index is 6.44. The van der Waals surface area contributed by atoms with E-state index in [0.29, 0.717) is 11.5 Å². The molecule has 2 fully saturated rings. The van der Waals surface area contributed by atoms with E-state index in [2.05, 4.69) is 80.1 Å². The van der Waals surface area contributed by atoms with Gasteiger partial charge < -0.3 is 10.1 Å². The zero-order valence-electron chi connectivity index (χ0n) is 33.5. The second-order valence-corrected chi connectivity index (χ2v) is 15.3. The average Bonchev–Trinajstić information content (AvgIpc) is 3.64. The monoisotopic (exact) mass is 680 g/mol. The molecule has 0 bridgehead atoms. The highest BCUT2D eigenvalue weighted by Crippen LogP contribution is 2.64. The van der Waals surface area contributed by atoms with E-state index in [1.54, 1.807) is 0 Å². The Kier molecular flexibility index (Phi) is 32.4. The van der Waals surface area contributed by atoms with Gasteiger partial charge >= 0.3 is 0 Å². The standard InChI is InChI=1S/C45H78O.C2H7N/c1-3-5-7-9-11-13-15-17-19-21-23-25-27-29-31-33-37-44(46-41-40-45-39-35-36-43(45)42-45)38-34-32-30-28-26-24-22-20-18-16-14-12-10-8-6-4-2;1-3-2/h11-14,17-20,40-41,43-44H,3-10,15-16,21-39,42H2,1-2H3;3H,1-2H3/b13-11-,14-12-,19-17-,20-18-,41-40+;. The molecule has 2 rings (SSSR count). The van der Waals surface area contributed by atoms with Crippen molar-refractivity contribution in [2.75, 3.05) is 14.1 Å². The average molecular weight is 680 g/mol. The van der Waals surface area contributed by atoms with Crippen LogP contribution in [0.1, 0.15) is 206 Å². The van der Waals surface area contributed by atoms with E-state index in [1.165, 1.54) is 180 Å². The molecule has 2 heteroatoms. The van der Waals surface area contributed by atoms with E-state index < -0.39 is 0 Å². The second kappa shape index (κ2) is 34.9. The molecule has 0 aliphatic heterocycles. The van der Waals surface area contributed by atoms with Gasteiger partial charge in [-0.2, -0.15) is 0 Å². The first kappa shape index (κ1) is 45.5. The molecule has 2 nitrogen and oxygen atoms in total. The topological polar surface area (TPSA) is 21.3 Å². The minimum Gasteiger partial charge on any atom is -0.498 e. The fourth-order valence-electron chi connectivity index (χ4n) is 7.35. The van der Waals surface area contributed by atoms with Crippen molar-refractivity contribution in [2.45, 2.75) is 213 Å². The van der Waals surface area contributed by atoms with Crippen LogP contribution < -0.4 is 5.32 Å². The molecule has 2 aliphatic carbocycles. The van der Waals surface area contributed by atoms with Crippen molar-refractivity contribution in [1.82, 2.24) is 5.32 Å². The van der Waals surface area contributed by atoms with Crippen molar-refractivity contribution < 1.29 is 4.74 Å². The lowest BCUT2D eigenvalue weighted by atomic mass is 10.0. The summed E-state index contributed by atoms with van der Waals surface area (Å²) in [7, 11) is 3.75. The molecule has 2 atom stereocenters. The van der Waals surface area contributed by atoms with Crippen LogP contribution >= 0.6 is 0 Å². The van der Waals surface area contributed by atoms with Crippen molar-refractivity contribution in [3.63, 3.8) is 0 Å². The fraction of sp³-hybridized carbons (Fsp3) is 0.787. The van der Waals surface area contributed by atoms with Gasteiger partial charge in [-0.25, -0.2) is 0 Å². The van der Waals surface area contributed by atoms with Gasteiger partial charge in [0.15, 0.2) is 0 Å². The van der Waals surface area contributed by atoms with Crippen LogP contribution in [0.4, 0.5) is 0 Å². The highest BCUT2D eigenvalue weighted by Gasteiger charge is 2.54. The van der Waals surface area contributed by atoms with E-state index in [4.69, 9.17) is 4.74 Å².